The molecule has 3 aromatic rings. The fraction of sp³-hybridized carbons (Fsp3) is 0.569. The number of rotatable bonds is 31. The van der Waals surface area contributed by atoms with Crippen molar-refractivity contribution in [3.63, 3.8) is 0 Å². The molecule has 0 aliphatic carbocycles. The zero-order valence-corrected chi connectivity index (χ0v) is 44.5. The van der Waals surface area contributed by atoms with Crippen LogP contribution in [0.15, 0.2) is 91.0 Å². The molecular weight excluding hydrogens is 1050 g/mol. The molecule has 394 valence electrons. The lowest BCUT2D eigenvalue weighted by Crippen LogP contribution is -2.66. The Morgan fingerprint density at radius 3 is 1.70 bits per heavy atom. The summed E-state index contributed by atoms with van der Waals surface area (Å²) in [5.74, 6) is -1.03. The van der Waals surface area contributed by atoms with Gasteiger partial charge in [0.05, 0.1) is 26.4 Å². The number of hydrogen-bond donors (Lipinski definition) is 2. The van der Waals surface area contributed by atoms with Crippen molar-refractivity contribution in [1.82, 2.24) is 10.6 Å². The zero-order valence-electron chi connectivity index (χ0n) is 39.9. The van der Waals surface area contributed by atoms with E-state index in [1.54, 1.807) is 0 Å². The van der Waals surface area contributed by atoms with Crippen molar-refractivity contribution in [2.45, 2.75) is 154 Å². The van der Waals surface area contributed by atoms with Crippen LogP contribution in [0.5, 0.6) is 0 Å². The Morgan fingerprint density at radius 1 is 0.620 bits per heavy atom. The summed E-state index contributed by atoms with van der Waals surface area (Å²) in [6, 6.07) is 25.0. The third kappa shape index (κ3) is 26.0. The largest absolute Gasteiger partial charge is 0.508 e. The van der Waals surface area contributed by atoms with Crippen molar-refractivity contribution in [3.8, 4) is 0 Å². The molecule has 6 atom stereocenters. The summed E-state index contributed by atoms with van der Waals surface area (Å²) < 4.78 is 43.4. The molecule has 0 saturated carbocycles. The minimum Gasteiger partial charge on any atom is -0.459 e. The van der Waals surface area contributed by atoms with Gasteiger partial charge in [0.1, 0.15) is 44.1 Å². The maximum atomic E-state index is 13.7. The molecule has 1 aliphatic heterocycles. The van der Waals surface area contributed by atoms with E-state index < -0.39 is 75.7 Å². The first-order valence-corrected chi connectivity index (χ1v) is 26.3. The summed E-state index contributed by atoms with van der Waals surface area (Å²) in [4.78, 5) is 54.0. The number of benzene rings is 3. The molecule has 14 nitrogen and oxygen atoms in total. The van der Waals surface area contributed by atoms with E-state index >= 15 is 0 Å². The lowest BCUT2D eigenvalue weighted by molar-refractivity contribution is -0.283. The average Bonchev–Trinajstić information content (AvgIpc) is 3.34. The van der Waals surface area contributed by atoms with Crippen LogP contribution in [-0.4, -0.2) is 94.8 Å². The van der Waals surface area contributed by atoms with Gasteiger partial charge in [-0.15, -0.1) is 0 Å². The van der Waals surface area contributed by atoms with Crippen LogP contribution in [0.25, 0.3) is 0 Å². The molecule has 2 N–H and O–H groups in total. The molecule has 2 amide bonds. The zero-order chi connectivity index (χ0) is 51.3. The van der Waals surface area contributed by atoms with Crippen LogP contribution in [0.3, 0.4) is 0 Å². The SMILES string of the molecule is CCCCCCCCCCCCCC(=O)N[C@@H](CCO[C@@H]1O[C@H](COCc2ccccc2)[C@@H](OCc2ccccc2)[C@H](OC(=O)OCC(Cl)(Cl)Cl)[C@H]1NC(=O)OCC(Cl)(Cl)Cl)C(=O)OCc1ccccc1. The number of esters is 1. The first kappa shape index (κ1) is 60.3. The molecule has 0 unspecified atom stereocenters. The molecule has 0 radical (unpaired) electrons. The molecule has 3 aromatic carbocycles. The summed E-state index contributed by atoms with van der Waals surface area (Å²) in [7, 11) is 0. The van der Waals surface area contributed by atoms with Gasteiger partial charge in [0, 0.05) is 12.8 Å². The molecule has 0 aromatic heterocycles. The normalized spacial score (nSPS) is 18.5. The molecule has 71 heavy (non-hydrogen) atoms. The van der Waals surface area contributed by atoms with E-state index in [4.69, 9.17) is 108 Å². The van der Waals surface area contributed by atoms with E-state index in [9.17, 15) is 19.2 Å². The number of nitrogens with one attached hydrogen (secondary N) is 2. The smallest absolute Gasteiger partial charge is 0.459 e. The van der Waals surface area contributed by atoms with Gasteiger partial charge in [-0.25, -0.2) is 14.4 Å². The number of amides is 2. The maximum absolute atomic E-state index is 13.7. The fourth-order valence-corrected chi connectivity index (χ4v) is 7.84. The van der Waals surface area contributed by atoms with Crippen molar-refractivity contribution < 1.29 is 57.1 Å². The van der Waals surface area contributed by atoms with E-state index in [0.717, 1.165) is 36.0 Å². The van der Waals surface area contributed by atoms with E-state index in [0.29, 0.717) is 6.42 Å². The first-order valence-electron chi connectivity index (χ1n) is 24.0. The van der Waals surface area contributed by atoms with Gasteiger partial charge in [0.15, 0.2) is 12.4 Å². The molecule has 1 fully saturated rings. The quantitative estimate of drug-likeness (QED) is 0.0271. The highest BCUT2D eigenvalue weighted by atomic mass is 35.6. The van der Waals surface area contributed by atoms with Crippen molar-refractivity contribution in [2.24, 2.45) is 0 Å². The van der Waals surface area contributed by atoms with Gasteiger partial charge in [-0.05, 0) is 23.1 Å². The van der Waals surface area contributed by atoms with Crippen LogP contribution in [-0.2, 0) is 67.3 Å². The van der Waals surface area contributed by atoms with E-state index in [1.165, 1.54) is 44.9 Å². The molecule has 1 saturated heterocycles. The minimum atomic E-state index is -2.00. The van der Waals surface area contributed by atoms with Crippen molar-refractivity contribution in [2.75, 3.05) is 26.4 Å². The van der Waals surface area contributed by atoms with E-state index in [2.05, 4.69) is 17.6 Å². The van der Waals surface area contributed by atoms with Crippen LogP contribution in [0.4, 0.5) is 9.59 Å². The number of alkyl halides is 6. The Balaban J connectivity index is 1.57. The van der Waals surface area contributed by atoms with E-state index in [1.807, 2.05) is 91.0 Å². The topological polar surface area (TPSA) is 166 Å². The predicted molar refractivity (Wildman–Crippen MR) is 275 cm³/mol. The Morgan fingerprint density at radius 2 is 1.14 bits per heavy atom. The van der Waals surface area contributed by atoms with Gasteiger partial charge < -0.3 is 48.5 Å². The Bertz CT molecular complexity index is 1970. The Hall–Kier alpha value is -3.28. The number of alkyl carbamates (subject to hydrolysis) is 1. The number of halogens is 6. The summed E-state index contributed by atoms with van der Waals surface area (Å²) in [6.45, 7) is 0.522. The molecule has 0 spiro atoms. The van der Waals surface area contributed by atoms with Crippen LogP contribution >= 0.6 is 69.6 Å². The van der Waals surface area contributed by atoms with Gasteiger partial charge in [-0.1, -0.05) is 232 Å². The van der Waals surface area contributed by atoms with Gasteiger partial charge in [0.2, 0.25) is 13.5 Å². The molecule has 1 aliphatic rings. The Labute approximate surface area is 447 Å². The number of hydrogen-bond acceptors (Lipinski definition) is 12. The summed E-state index contributed by atoms with van der Waals surface area (Å²) in [6.07, 6.45) is 4.75. The maximum Gasteiger partial charge on any atom is 0.508 e. The van der Waals surface area contributed by atoms with Gasteiger partial charge in [-0.3, -0.25) is 4.79 Å². The average molecular weight is 1110 g/mol. The second kappa shape index (κ2) is 33.5. The molecule has 4 rings (SSSR count). The minimum absolute atomic E-state index is 0.0191. The van der Waals surface area contributed by atoms with Crippen molar-refractivity contribution in [3.05, 3.63) is 108 Å². The lowest BCUT2D eigenvalue weighted by atomic mass is 9.96. The second-order valence-electron chi connectivity index (χ2n) is 17.1. The molecular formula is C51H66Cl6N2O12. The highest BCUT2D eigenvalue weighted by Crippen LogP contribution is 2.31. The third-order valence-electron chi connectivity index (χ3n) is 11.1. The summed E-state index contributed by atoms with van der Waals surface area (Å²) >= 11 is 35.4. The Kier molecular flexibility index (Phi) is 28.5. The highest BCUT2D eigenvalue weighted by Gasteiger charge is 2.51. The second-order valence-corrected chi connectivity index (χ2v) is 22.1. The first-order chi connectivity index (χ1) is 34.1. The predicted octanol–water partition coefficient (Wildman–Crippen LogP) is 12.2. The van der Waals surface area contributed by atoms with Gasteiger partial charge in [-0.2, -0.15) is 0 Å². The van der Waals surface area contributed by atoms with Crippen LogP contribution in [0.2, 0.25) is 0 Å². The molecule has 0 bridgehead atoms. The number of ether oxygens (including phenoxy) is 8. The number of unbranched alkanes of at least 4 members (excludes halogenated alkanes) is 10. The highest BCUT2D eigenvalue weighted by molar-refractivity contribution is 6.68. The lowest BCUT2D eigenvalue weighted by Gasteiger charge is -2.45. The van der Waals surface area contributed by atoms with Crippen molar-refractivity contribution in [1.29, 1.82) is 0 Å². The summed E-state index contributed by atoms with van der Waals surface area (Å²) in [5, 5.41) is 5.44. The fourth-order valence-electron chi connectivity index (χ4n) is 7.52. The van der Waals surface area contributed by atoms with Crippen LogP contribution in [0.1, 0.15) is 107 Å². The molecule has 1 heterocycles. The summed E-state index contributed by atoms with van der Waals surface area (Å²) in [5.41, 5.74) is 2.35. The number of carbonyl (C=O) groups is 4. The monoisotopic (exact) mass is 1110 g/mol. The van der Waals surface area contributed by atoms with Crippen LogP contribution in [0, 0.1) is 0 Å². The molecule has 20 heteroatoms. The van der Waals surface area contributed by atoms with Crippen molar-refractivity contribution >= 4 is 93.7 Å². The number of carbonyl (C=O) groups excluding carboxylic acids is 4. The van der Waals surface area contributed by atoms with E-state index in [-0.39, 0.29) is 51.8 Å². The van der Waals surface area contributed by atoms with Gasteiger partial charge >= 0.3 is 18.2 Å². The van der Waals surface area contributed by atoms with Gasteiger partial charge in [0.25, 0.3) is 0 Å². The van der Waals surface area contributed by atoms with Crippen LogP contribution < -0.4 is 10.6 Å². The standard InChI is InChI=1S/C51H66Cl6N2O12/c1-2-3-4-5-6-7-8-9-10-11-21-28-42(60)58-40(46(61)67-33-39-26-19-14-20-27-39)29-30-65-47-43(59-48(62)68-35-50(52,53)54)45(71-49(63)69-36-51(55,56)57)44(66-32-38-24-17-13-18-25-38)41(70-47)34-64-31-37-22-15-12-16-23-37/h12-20,22-27,40-41,43-45,47H,2-11,21,28-36H2,1H3,(H,58,60)(H,59,62)/t40-,41+,43+,44+,45+,47+/m0/s1. The third-order valence-corrected chi connectivity index (χ3v) is 11.8.